The lowest BCUT2D eigenvalue weighted by Crippen LogP contribution is -2.17. The molecule has 5 nitrogen and oxygen atoms in total. The molecule has 0 aliphatic rings. The molecule has 0 amide bonds. The molecule has 0 aliphatic heterocycles. The number of nitrogens with one attached hydrogen (secondary N) is 1. The van der Waals surface area contributed by atoms with E-state index in [1.165, 1.54) is 0 Å². The van der Waals surface area contributed by atoms with Gasteiger partial charge in [-0.1, -0.05) is 34.6 Å². The second-order valence-electron chi connectivity index (χ2n) is 7.26. The Labute approximate surface area is 148 Å². The minimum Gasteiger partial charge on any atom is -0.494 e. The van der Waals surface area contributed by atoms with E-state index >= 15 is 0 Å². The average molecular weight is 346 g/mol. The summed E-state index contributed by atoms with van der Waals surface area (Å²) in [6, 6.07) is 7.88. The van der Waals surface area contributed by atoms with Crippen molar-refractivity contribution in [2.75, 3.05) is 6.61 Å². The highest BCUT2D eigenvalue weighted by Gasteiger charge is 2.21. The second kappa shape index (κ2) is 7.75. The Bertz CT molecular complexity index is 736. The van der Waals surface area contributed by atoms with Crippen LogP contribution in [0.25, 0.3) is 0 Å². The van der Waals surface area contributed by atoms with Gasteiger partial charge in [0.2, 0.25) is 4.77 Å². The molecule has 1 N–H and O–H groups in total. The molecule has 130 valence electrons. The molecule has 0 saturated heterocycles. The zero-order valence-electron chi connectivity index (χ0n) is 15.0. The Morgan fingerprint density at radius 2 is 1.96 bits per heavy atom. The van der Waals surface area contributed by atoms with Gasteiger partial charge in [-0.25, -0.2) is 0 Å². The first-order valence-electron chi connectivity index (χ1n) is 8.22. The van der Waals surface area contributed by atoms with Crippen LogP contribution in [0.5, 0.6) is 5.75 Å². The van der Waals surface area contributed by atoms with Crippen molar-refractivity contribution in [1.29, 1.82) is 0 Å². The van der Waals surface area contributed by atoms with Gasteiger partial charge in [0.05, 0.1) is 12.8 Å². The second-order valence-corrected chi connectivity index (χ2v) is 7.65. The van der Waals surface area contributed by atoms with E-state index in [9.17, 15) is 0 Å². The van der Waals surface area contributed by atoms with Gasteiger partial charge < -0.3 is 4.74 Å². The number of rotatable bonds is 6. The minimum atomic E-state index is -0.140. The molecule has 0 aliphatic carbocycles. The largest absolute Gasteiger partial charge is 0.494 e. The summed E-state index contributed by atoms with van der Waals surface area (Å²) in [4.78, 5) is 0. The van der Waals surface area contributed by atoms with E-state index in [-0.39, 0.29) is 5.41 Å². The Hall–Kier alpha value is -1.95. The molecule has 1 aromatic heterocycles. The number of hydrogen-bond donors (Lipinski definition) is 1. The van der Waals surface area contributed by atoms with Gasteiger partial charge in [-0.2, -0.15) is 14.9 Å². The quantitative estimate of drug-likeness (QED) is 0.617. The Balaban J connectivity index is 2.08. The van der Waals surface area contributed by atoms with Crippen molar-refractivity contribution in [3.05, 3.63) is 40.4 Å². The van der Waals surface area contributed by atoms with Crippen LogP contribution in [0.15, 0.2) is 29.4 Å². The lowest BCUT2D eigenvalue weighted by molar-refractivity contribution is 0.289. The monoisotopic (exact) mass is 346 g/mol. The van der Waals surface area contributed by atoms with Crippen LogP contribution in [0.2, 0.25) is 0 Å². The summed E-state index contributed by atoms with van der Waals surface area (Å²) in [7, 11) is 0. The molecule has 0 saturated carbocycles. The Kier molecular flexibility index (Phi) is 5.94. The summed E-state index contributed by atoms with van der Waals surface area (Å²) in [6.07, 6.45) is 2.83. The van der Waals surface area contributed by atoms with Crippen LogP contribution >= 0.6 is 12.2 Å². The topological polar surface area (TPSA) is 55.2 Å². The van der Waals surface area contributed by atoms with E-state index < -0.39 is 0 Å². The number of hydrogen-bond acceptors (Lipinski definition) is 4. The third-order valence-electron chi connectivity index (χ3n) is 3.49. The molecule has 0 atom stereocenters. The third kappa shape index (κ3) is 5.03. The smallest absolute Gasteiger partial charge is 0.216 e. The van der Waals surface area contributed by atoms with Gasteiger partial charge in [0.15, 0.2) is 5.82 Å². The Morgan fingerprint density at radius 1 is 1.29 bits per heavy atom. The summed E-state index contributed by atoms with van der Waals surface area (Å²) in [5.41, 5.74) is 0.841. The zero-order valence-corrected chi connectivity index (χ0v) is 15.9. The molecule has 0 unspecified atom stereocenters. The van der Waals surface area contributed by atoms with Crippen molar-refractivity contribution in [1.82, 2.24) is 14.9 Å². The van der Waals surface area contributed by atoms with E-state index in [0.29, 0.717) is 10.7 Å². The molecule has 6 heteroatoms. The number of ether oxygens (including phenoxy) is 1. The SMILES string of the molecule is CC(C)CCOc1ccc(/C=N\n2c(C(C)(C)C)n[nH]c2=S)cc1. The fourth-order valence-electron chi connectivity index (χ4n) is 2.07. The van der Waals surface area contributed by atoms with Crippen LogP contribution in [0.1, 0.15) is 52.4 Å². The van der Waals surface area contributed by atoms with E-state index in [1.54, 1.807) is 10.9 Å². The third-order valence-corrected chi connectivity index (χ3v) is 3.75. The molecular formula is C18H26N4OS. The first kappa shape index (κ1) is 18.4. The van der Waals surface area contributed by atoms with Crippen molar-refractivity contribution >= 4 is 18.4 Å². The number of nitrogens with zero attached hydrogens (tertiary/aromatic N) is 3. The lowest BCUT2D eigenvalue weighted by atomic mass is 9.96. The standard InChI is InChI=1S/C18H26N4OS/c1-13(2)10-11-23-15-8-6-14(7-9-15)12-19-22-16(18(3,4)5)20-21-17(22)24/h6-9,12-13H,10-11H2,1-5H3,(H,21,24)/b19-12-. The lowest BCUT2D eigenvalue weighted by Gasteiger charge is -2.15. The van der Waals surface area contributed by atoms with Crippen LogP contribution < -0.4 is 4.74 Å². The van der Waals surface area contributed by atoms with Crippen molar-refractivity contribution in [3.63, 3.8) is 0 Å². The van der Waals surface area contributed by atoms with Gasteiger partial charge in [0.1, 0.15) is 5.75 Å². The molecule has 0 bridgehead atoms. The number of aromatic nitrogens is 3. The predicted molar refractivity (Wildman–Crippen MR) is 100 cm³/mol. The number of H-pyrrole nitrogens is 1. The van der Waals surface area contributed by atoms with Crippen molar-refractivity contribution in [2.45, 2.75) is 46.5 Å². The highest BCUT2D eigenvalue weighted by atomic mass is 32.1. The number of aromatic amines is 1. The van der Waals surface area contributed by atoms with Crippen LogP contribution in [-0.4, -0.2) is 27.7 Å². The molecule has 1 heterocycles. The van der Waals surface area contributed by atoms with Gasteiger partial charge in [-0.3, -0.25) is 5.10 Å². The minimum absolute atomic E-state index is 0.140. The van der Waals surface area contributed by atoms with Gasteiger partial charge in [-0.05, 0) is 54.4 Å². The molecule has 0 fully saturated rings. The van der Waals surface area contributed by atoms with Gasteiger partial charge in [0, 0.05) is 5.41 Å². The van der Waals surface area contributed by atoms with Crippen molar-refractivity contribution in [2.24, 2.45) is 11.0 Å². The first-order chi connectivity index (χ1) is 11.3. The van der Waals surface area contributed by atoms with Gasteiger partial charge in [0.25, 0.3) is 0 Å². The van der Waals surface area contributed by atoms with Crippen LogP contribution in [0, 0.1) is 10.7 Å². The van der Waals surface area contributed by atoms with E-state index in [2.05, 4.69) is 49.9 Å². The zero-order chi connectivity index (χ0) is 17.7. The van der Waals surface area contributed by atoms with E-state index in [4.69, 9.17) is 17.0 Å². The summed E-state index contributed by atoms with van der Waals surface area (Å²) in [6.45, 7) is 11.4. The fourth-order valence-corrected chi connectivity index (χ4v) is 2.25. The normalized spacial score (nSPS) is 12.2. The highest BCUT2D eigenvalue weighted by molar-refractivity contribution is 7.71. The molecule has 0 spiro atoms. The molecular weight excluding hydrogens is 320 g/mol. The molecule has 0 radical (unpaired) electrons. The van der Waals surface area contributed by atoms with Crippen molar-refractivity contribution in [3.8, 4) is 5.75 Å². The summed E-state index contributed by atoms with van der Waals surface area (Å²) >= 11 is 5.26. The Morgan fingerprint density at radius 3 is 2.54 bits per heavy atom. The molecule has 24 heavy (non-hydrogen) atoms. The fraction of sp³-hybridized carbons (Fsp3) is 0.500. The number of benzene rings is 1. The maximum atomic E-state index is 5.72. The van der Waals surface area contributed by atoms with Crippen LogP contribution in [0.3, 0.4) is 0 Å². The van der Waals surface area contributed by atoms with Crippen molar-refractivity contribution < 1.29 is 4.74 Å². The molecule has 2 aromatic rings. The summed E-state index contributed by atoms with van der Waals surface area (Å²) < 4.78 is 7.88. The molecule has 1 aromatic carbocycles. The maximum absolute atomic E-state index is 5.72. The van der Waals surface area contributed by atoms with E-state index in [0.717, 1.165) is 30.2 Å². The van der Waals surface area contributed by atoms with Crippen LogP contribution in [0.4, 0.5) is 0 Å². The molecule has 2 rings (SSSR count). The maximum Gasteiger partial charge on any atom is 0.216 e. The summed E-state index contributed by atoms with van der Waals surface area (Å²) in [5, 5.41) is 11.5. The summed E-state index contributed by atoms with van der Waals surface area (Å²) in [5.74, 6) is 2.33. The highest BCUT2D eigenvalue weighted by Crippen LogP contribution is 2.20. The average Bonchev–Trinajstić information content (AvgIpc) is 2.87. The van der Waals surface area contributed by atoms with Gasteiger partial charge >= 0.3 is 0 Å². The van der Waals surface area contributed by atoms with E-state index in [1.807, 2.05) is 24.3 Å². The van der Waals surface area contributed by atoms with Crippen LogP contribution in [-0.2, 0) is 5.41 Å². The van der Waals surface area contributed by atoms with Gasteiger partial charge in [-0.15, -0.1) is 0 Å². The predicted octanol–water partition coefficient (Wildman–Crippen LogP) is 4.55. The first-order valence-corrected chi connectivity index (χ1v) is 8.63.